The number of hydroxylamine groups is 2. The van der Waals surface area contributed by atoms with E-state index in [0.29, 0.717) is 5.84 Å². The van der Waals surface area contributed by atoms with Crippen molar-refractivity contribution in [3.05, 3.63) is 0 Å². The van der Waals surface area contributed by atoms with E-state index >= 15 is 0 Å². The minimum absolute atomic E-state index is 0.282. The first kappa shape index (κ1) is 8.43. The molecular formula is C6H14N2O. The second-order valence-electron chi connectivity index (χ2n) is 2.26. The van der Waals surface area contributed by atoms with Crippen molar-refractivity contribution in [2.24, 2.45) is 10.9 Å². The largest absolute Gasteiger partial charge is 0.288 e. The number of nitrogens with zero attached hydrogens (tertiary/aromatic N) is 2. The van der Waals surface area contributed by atoms with Gasteiger partial charge >= 0.3 is 0 Å². The van der Waals surface area contributed by atoms with E-state index in [1.165, 1.54) is 0 Å². The van der Waals surface area contributed by atoms with Gasteiger partial charge in [-0.05, 0) is 0 Å². The maximum atomic E-state index is 8.89. The Morgan fingerprint density at radius 1 is 1.56 bits per heavy atom. The zero-order valence-electron chi connectivity index (χ0n) is 6.42. The third-order valence-electron chi connectivity index (χ3n) is 1.08. The average Bonchev–Trinajstić information content (AvgIpc) is 1.64. The van der Waals surface area contributed by atoms with E-state index in [2.05, 4.69) is 4.99 Å². The fourth-order valence-electron chi connectivity index (χ4n) is 0.777. The molecule has 0 aliphatic carbocycles. The summed E-state index contributed by atoms with van der Waals surface area (Å²) < 4.78 is 0. The lowest BCUT2D eigenvalue weighted by Gasteiger charge is -2.15. The Morgan fingerprint density at radius 3 is 2.00 bits per heavy atom. The van der Waals surface area contributed by atoms with Crippen molar-refractivity contribution >= 4 is 5.84 Å². The number of amidine groups is 1. The van der Waals surface area contributed by atoms with Gasteiger partial charge in [0, 0.05) is 20.0 Å². The van der Waals surface area contributed by atoms with Crippen molar-refractivity contribution in [1.82, 2.24) is 5.06 Å². The highest BCUT2D eigenvalue weighted by atomic mass is 16.5. The lowest BCUT2D eigenvalue weighted by Crippen LogP contribution is -2.27. The van der Waals surface area contributed by atoms with Crippen LogP contribution in [-0.4, -0.2) is 30.2 Å². The number of rotatable bonds is 1. The Morgan fingerprint density at radius 2 is 2.00 bits per heavy atom. The first-order valence-electron chi connectivity index (χ1n) is 2.99. The highest BCUT2D eigenvalue weighted by Gasteiger charge is 2.05. The molecule has 1 N–H and O–H groups in total. The molecule has 0 aliphatic heterocycles. The fourth-order valence-corrected chi connectivity index (χ4v) is 0.777. The molecule has 9 heavy (non-hydrogen) atoms. The Bertz CT molecular complexity index is 97.6. The minimum atomic E-state index is 0.282. The van der Waals surface area contributed by atoms with E-state index in [1.54, 1.807) is 14.1 Å². The van der Waals surface area contributed by atoms with Crippen molar-refractivity contribution in [1.29, 1.82) is 0 Å². The SMILES string of the molecule is CN=C(C(C)C)N(C)O. The molecule has 54 valence electrons. The molecule has 0 spiro atoms. The monoisotopic (exact) mass is 130 g/mol. The highest BCUT2D eigenvalue weighted by Crippen LogP contribution is 1.97. The highest BCUT2D eigenvalue weighted by molar-refractivity contribution is 5.82. The molecule has 0 aromatic heterocycles. The summed E-state index contributed by atoms with van der Waals surface area (Å²) in [5.74, 6) is 0.986. The Kier molecular flexibility index (Phi) is 3.24. The van der Waals surface area contributed by atoms with Crippen LogP contribution in [0.1, 0.15) is 13.8 Å². The summed E-state index contributed by atoms with van der Waals surface area (Å²) in [6.07, 6.45) is 0. The lowest BCUT2D eigenvalue weighted by molar-refractivity contribution is 0.00836. The molecule has 3 heteroatoms. The van der Waals surface area contributed by atoms with Crippen LogP contribution in [0, 0.1) is 5.92 Å². The molecule has 0 amide bonds. The predicted octanol–water partition coefficient (Wildman–Crippen LogP) is 0.992. The molecule has 0 rings (SSSR count). The van der Waals surface area contributed by atoms with Gasteiger partial charge in [0.05, 0.1) is 0 Å². The van der Waals surface area contributed by atoms with Gasteiger partial charge in [-0.3, -0.25) is 10.2 Å². The summed E-state index contributed by atoms with van der Waals surface area (Å²) in [6, 6.07) is 0. The van der Waals surface area contributed by atoms with Gasteiger partial charge in [0.15, 0.2) is 0 Å². The van der Waals surface area contributed by atoms with Gasteiger partial charge in [-0.15, -0.1) is 0 Å². The van der Waals surface area contributed by atoms with Crippen LogP contribution in [0.15, 0.2) is 4.99 Å². The molecule has 0 atom stereocenters. The Balaban J connectivity index is 4.01. The first-order chi connectivity index (χ1) is 4.09. The van der Waals surface area contributed by atoms with E-state index in [-0.39, 0.29) is 5.92 Å². The van der Waals surface area contributed by atoms with Crippen LogP contribution in [0.4, 0.5) is 0 Å². The zero-order valence-corrected chi connectivity index (χ0v) is 6.42. The van der Waals surface area contributed by atoms with E-state index in [4.69, 9.17) is 5.21 Å². The predicted molar refractivity (Wildman–Crippen MR) is 37.7 cm³/mol. The molecule has 3 nitrogen and oxygen atoms in total. The minimum Gasteiger partial charge on any atom is -0.288 e. The molecular weight excluding hydrogens is 116 g/mol. The maximum Gasteiger partial charge on any atom is 0.125 e. The van der Waals surface area contributed by atoms with Crippen LogP contribution < -0.4 is 0 Å². The van der Waals surface area contributed by atoms with Gasteiger partial charge in [0.25, 0.3) is 0 Å². The van der Waals surface area contributed by atoms with Crippen molar-refractivity contribution in [2.45, 2.75) is 13.8 Å². The summed E-state index contributed by atoms with van der Waals surface area (Å²) in [6.45, 7) is 3.96. The van der Waals surface area contributed by atoms with E-state index in [0.717, 1.165) is 5.06 Å². The van der Waals surface area contributed by atoms with Crippen molar-refractivity contribution in [3.8, 4) is 0 Å². The lowest BCUT2D eigenvalue weighted by atomic mass is 10.2. The molecule has 0 radical (unpaired) electrons. The average molecular weight is 130 g/mol. The number of aliphatic imine (C=N–C) groups is 1. The number of hydrogen-bond donors (Lipinski definition) is 1. The van der Waals surface area contributed by atoms with Crippen LogP contribution in [0.25, 0.3) is 0 Å². The first-order valence-corrected chi connectivity index (χ1v) is 2.99. The second-order valence-corrected chi connectivity index (χ2v) is 2.26. The third kappa shape index (κ3) is 2.46. The Labute approximate surface area is 56.0 Å². The van der Waals surface area contributed by atoms with E-state index in [9.17, 15) is 0 Å². The molecule has 0 saturated heterocycles. The van der Waals surface area contributed by atoms with Crippen LogP contribution in [0.5, 0.6) is 0 Å². The van der Waals surface area contributed by atoms with Crippen molar-refractivity contribution in [2.75, 3.05) is 14.1 Å². The molecule has 0 fully saturated rings. The molecule has 0 saturated carbocycles. The smallest absolute Gasteiger partial charge is 0.125 e. The summed E-state index contributed by atoms with van der Waals surface area (Å²) in [7, 11) is 3.24. The van der Waals surface area contributed by atoms with Crippen LogP contribution in [0.3, 0.4) is 0 Å². The zero-order chi connectivity index (χ0) is 7.44. The fraction of sp³-hybridized carbons (Fsp3) is 0.833. The summed E-state index contributed by atoms with van der Waals surface area (Å²) in [5, 5.41) is 9.93. The topological polar surface area (TPSA) is 35.8 Å². The summed E-state index contributed by atoms with van der Waals surface area (Å²) in [4.78, 5) is 3.88. The molecule has 0 bridgehead atoms. The maximum absolute atomic E-state index is 8.89. The van der Waals surface area contributed by atoms with Crippen LogP contribution in [0.2, 0.25) is 0 Å². The third-order valence-corrected chi connectivity index (χ3v) is 1.08. The van der Waals surface area contributed by atoms with E-state index < -0.39 is 0 Å². The van der Waals surface area contributed by atoms with Gasteiger partial charge in [-0.25, -0.2) is 5.06 Å². The molecule has 0 aliphatic rings. The van der Waals surface area contributed by atoms with Gasteiger partial charge in [-0.2, -0.15) is 0 Å². The van der Waals surface area contributed by atoms with Gasteiger partial charge < -0.3 is 0 Å². The standard InChI is InChI=1S/C6H14N2O/c1-5(2)6(7-3)8(4)9/h5,9H,1-4H3. The molecule has 0 heterocycles. The van der Waals surface area contributed by atoms with Crippen LogP contribution >= 0.6 is 0 Å². The summed E-state index contributed by atoms with van der Waals surface area (Å²) in [5.41, 5.74) is 0. The van der Waals surface area contributed by atoms with Gasteiger partial charge in [0.1, 0.15) is 5.84 Å². The van der Waals surface area contributed by atoms with Gasteiger partial charge in [0.2, 0.25) is 0 Å². The molecule has 0 aromatic rings. The number of hydrogen-bond acceptors (Lipinski definition) is 2. The second kappa shape index (κ2) is 3.45. The molecule has 0 unspecified atom stereocenters. The summed E-state index contributed by atoms with van der Waals surface area (Å²) >= 11 is 0. The van der Waals surface area contributed by atoms with Gasteiger partial charge in [-0.1, -0.05) is 13.8 Å². The Hall–Kier alpha value is -0.570. The van der Waals surface area contributed by atoms with Crippen molar-refractivity contribution < 1.29 is 5.21 Å². The van der Waals surface area contributed by atoms with E-state index in [1.807, 2.05) is 13.8 Å². The molecule has 0 aromatic carbocycles. The normalized spacial score (nSPS) is 12.4. The quantitative estimate of drug-likeness (QED) is 0.326. The van der Waals surface area contributed by atoms with Crippen LogP contribution in [-0.2, 0) is 0 Å². The van der Waals surface area contributed by atoms with Crippen molar-refractivity contribution in [3.63, 3.8) is 0 Å².